The Hall–Kier alpha value is -1.98. The van der Waals surface area contributed by atoms with Gasteiger partial charge in [0, 0.05) is 45.8 Å². The van der Waals surface area contributed by atoms with Crippen LogP contribution in [0.4, 0.5) is 5.69 Å². The van der Waals surface area contributed by atoms with E-state index < -0.39 is 0 Å². The Kier molecular flexibility index (Phi) is 3.78. The molecule has 6 heteroatoms. The number of hydrogen-bond acceptors (Lipinski definition) is 3. The number of aryl methyl sites for hydroxylation is 1. The third-order valence-electron chi connectivity index (χ3n) is 3.49. The molecule has 0 saturated carbocycles. The second kappa shape index (κ2) is 5.34. The molecule has 0 atom stereocenters. The lowest BCUT2D eigenvalue weighted by Crippen LogP contribution is -2.50. The standard InChI is InChI=1S/C13H20N4O2/c1-3-15-9-11(14)8-12(15)13(19)17-6-4-16(5-7-17)10(2)18/h8-9H,3-7,14H2,1-2H3. The normalized spacial score (nSPS) is 15.7. The third-order valence-corrected chi connectivity index (χ3v) is 3.49. The Morgan fingerprint density at radius 2 is 1.79 bits per heavy atom. The van der Waals surface area contributed by atoms with Crippen molar-refractivity contribution < 1.29 is 9.59 Å². The number of carbonyl (C=O) groups excluding carboxylic acids is 2. The average Bonchev–Trinajstić information content (AvgIpc) is 2.79. The zero-order valence-electron chi connectivity index (χ0n) is 11.4. The molecule has 0 radical (unpaired) electrons. The molecule has 0 spiro atoms. The number of nitrogens with two attached hydrogens (primary N) is 1. The summed E-state index contributed by atoms with van der Waals surface area (Å²) in [6, 6.07) is 1.71. The minimum atomic E-state index is -0.0123. The van der Waals surface area contributed by atoms with Gasteiger partial charge in [-0.15, -0.1) is 0 Å². The van der Waals surface area contributed by atoms with Crippen molar-refractivity contribution in [2.45, 2.75) is 20.4 Å². The van der Waals surface area contributed by atoms with Crippen LogP contribution in [0, 0.1) is 0 Å². The van der Waals surface area contributed by atoms with Crippen LogP contribution in [0.25, 0.3) is 0 Å². The quantitative estimate of drug-likeness (QED) is 0.840. The highest BCUT2D eigenvalue weighted by Gasteiger charge is 2.25. The highest BCUT2D eigenvalue weighted by atomic mass is 16.2. The molecule has 1 aromatic heterocycles. The molecule has 0 aromatic carbocycles. The zero-order valence-corrected chi connectivity index (χ0v) is 11.4. The molecule has 2 amide bonds. The number of carbonyl (C=O) groups is 2. The predicted molar refractivity (Wildman–Crippen MR) is 72.7 cm³/mol. The maximum atomic E-state index is 12.4. The molecule has 2 N–H and O–H groups in total. The minimum Gasteiger partial charge on any atom is -0.397 e. The first-order valence-electron chi connectivity index (χ1n) is 6.53. The number of nitrogen functional groups attached to an aromatic ring is 1. The minimum absolute atomic E-state index is 0.0123. The Bertz CT molecular complexity index is 487. The third kappa shape index (κ3) is 2.72. The van der Waals surface area contributed by atoms with Gasteiger partial charge < -0.3 is 20.1 Å². The van der Waals surface area contributed by atoms with Crippen LogP contribution in [-0.2, 0) is 11.3 Å². The van der Waals surface area contributed by atoms with Crippen LogP contribution in [0.3, 0.4) is 0 Å². The van der Waals surface area contributed by atoms with Crippen LogP contribution < -0.4 is 5.73 Å². The fourth-order valence-corrected chi connectivity index (χ4v) is 2.36. The molecule has 1 saturated heterocycles. The van der Waals surface area contributed by atoms with Crippen molar-refractivity contribution in [1.29, 1.82) is 0 Å². The van der Waals surface area contributed by atoms with Gasteiger partial charge in [-0.1, -0.05) is 0 Å². The van der Waals surface area contributed by atoms with Crippen molar-refractivity contribution in [3.63, 3.8) is 0 Å². The number of piperazine rings is 1. The lowest BCUT2D eigenvalue weighted by Gasteiger charge is -2.34. The fraction of sp³-hybridized carbons (Fsp3) is 0.538. The van der Waals surface area contributed by atoms with Crippen molar-refractivity contribution >= 4 is 17.5 Å². The molecule has 1 fully saturated rings. The van der Waals surface area contributed by atoms with Gasteiger partial charge in [-0.25, -0.2) is 0 Å². The summed E-state index contributed by atoms with van der Waals surface area (Å²) in [7, 11) is 0. The number of rotatable bonds is 2. The van der Waals surface area contributed by atoms with Crippen molar-refractivity contribution in [3.8, 4) is 0 Å². The molecule has 0 bridgehead atoms. The molecule has 1 aliphatic heterocycles. The first-order chi connectivity index (χ1) is 9.02. The molecule has 104 valence electrons. The summed E-state index contributed by atoms with van der Waals surface area (Å²) in [6.07, 6.45) is 1.78. The van der Waals surface area contributed by atoms with E-state index >= 15 is 0 Å². The summed E-state index contributed by atoms with van der Waals surface area (Å²) >= 11 is 0. The van der Waals surface area contributed by atoms with Gasteiger partial charge in [0.25, 0.3) is 5.91 Å². The molecular weight excluding hydrogens is 244 g/mol. The summed E-state index contributed by atoms with van der Waals surface area (Å²) in [5.74, 6) is 0.0510. The maximum Gasteiger partial charge on any atom is 0.270 e. The Labute approximate surface area is 112 Å². The van der Waals surface area contributed by atoms with E-state index in [1.54, 1.807) is 29.0 Å². The highest BCUT2D eigenvalue weighted by molar-refractivity contribution is 5.94. The van der Waals surface area contributed by atoms with Gasteiger partial charge >= 0.3 is 0 Å². The van der Waals surface area contributed by atoms with Gasteiger partial charge in [-0.3, -0.25) is 9.59 Å². The lowest BCUT2D eigenvalue weighted by atomic mass is 10.2. The van der Waals surface area contributed by atoms with Crippen LogP contribution in [0.2, 0.25) is 0 Å². The van der Waals surface area contributed by atoms with Crippen molar-refractivity contribution in [3.05, 3.63) is 18.0 Å². The van der Waals surface area contributed by atoms with Crippen molar-refractivity contribution in [2.75, 3.05) is 31.9 Å². The van der Waals surface area contributed by atoms with Crippen LogP contribution >= 0.6 is 0 Å². The van der Waals surface area contributed by atoms with E-state index in [0.717, 1.165) is 0 Å². The number of anilines is 1. The second-order valence-corrected chi connectivity index (χ2v) is 4.74. The summed E-state index contributed by atoms with van der Waals surface area (Å²) in [4.78, 5) is 27.2. The number of aromatic nitrogens is 1. The number of nitrogens with zero attached hydrogens (tertiary/aromatic N) is 3. The largest absolute Gasteiger partial charge is 0.397 e. The van der Waals surface area contributed by atoms with E-state index in [9.17, 15) is 9.59 Å². The monoisotopic (exact) mass is 264 g/mol. The fourth-order valence-electron chi connectivity index (χ4n) is 2.36. The van der Waals surface area contributed by atoms with Crippen LogP contribution in [-0.4, -0.2) is 52.4 Å². The number of hydrogen-bond donors (Lipinski definition) is 1. The first-order valence-corrected chi connectivity index (χ1v) is 6.53. The average molecular weight is 264 g/mol. The first kappa shape index (κ1) is 13.5. The molecule has 0 aliphatic carbocycles. The SMILES string of the molecule is CCn1cc(N)cc1C(=O)N1CCN(C(C)=O)CC1. The van der Waals surface area contributed by atoms with Gasteiger partial charge in [0.05, 0.1) is 5.69 Å². The molecule has 19 heavy (non-hydrogen) atoms. The summed E-state index contributed by atoms with van der Waals surface area (Å²) in [6.45, 7) is 6.60. The molecule has 2 rings (SSSR count). The lowest BCUT2D eigenvalue weighted by molar-refractivity contribution is -0.130. The Morgan fingerprint density at radius 1 is 1.21 bits per heavy atom. The van der Waals surface area contributed by atoms with E-state index in [-0.39, 0.29) is 11.8 Å². The number of amides is 2. The summed E-state index contributed by atoms with van der Waals surface area (Å²) < 4.78 is 1.86. The second-order valence-electron chi connectivity index (χ2n) is 4.74. The van der Waals surface area contributed by atoms with E-state index in [2.05, 4.69) is 0 Å². The van der Waals surface area contributed by atoms with Gasteiger partial charge in [-0.05, 0) is 13.0 Å². The topological polar surface area (TPSA) is 71.6 Å². The molecule has 1 aromatic rings. The van der Waals surface area contributed by atoms with Crippen molar-refractivity contribution in [1.82, 2.24) is 14.4 Å². The zero-order chi connectivity index (χ0) is 14.0. The van der Waals surface area contributed by atoms with Gasteiger partial charge in [-0.2, -0.15) is 0 Å². The summed E-state index contributed by atoms with van der Waals surface area (Å²) in [5, 5.41) is 0. The molecular formula is C13H20N4O2. The van der Waals surface area contributed by atoms with E-state index in [1.165, 1.54) is 0 Å². The van der Waals surface area contributed by atoms with Crippen molar-refractivity contribution in [2.24, 2.45) is 0 Å². The van der Waals surface area contributed by atoms with Gasteiger partial charge in [0.15, 0.2) is 0 Å². The summed E-state index contributed by atoms with van der Waals surface area (Å²) in [5.41, 5.74) is 6.97. The Morgan fingerprint density at radius 3 is 2.32 bits per heavy atom. The molecule has 2 heterocycles. The van der Waals surface area contributed by atoms with Crippen LogP contribution in [0.15, 0.2) is 12.3 Å². The van der Waals surface area contributed by atoms with E-state index in [4.69, 9.17) is 5.73 Å². The molecule has 1 aliphatic rings. The van der Waals surface area contributed by atoms with Gasteiger partial charge in [0.1, 0.15) is 5.69 Å². The molecule has 6 nitrogen and oxygen atoms in total. The Balaban J connectivity index is 2.07. The predicted octanol–water partition coefficient (Wildman–Crippen LogP) is 0.394. The highest BCUT2D eigenvalue weighted by Crippen LogP contribution is 2.14. The maximum absolute atomic E-state index is 12.4. The van der Waals surface area contributed by atoms with Crippen LogP contribution in [0.5, 0.6) is 0 Å². The molecule has 0 unspecified atom stereocenters. The van der Waals surface area contributed by atoms with Gasteiger partial charge in [0.2, 0.25) is 5.91 Å². The smallest absolute Gasteiger partial charge is 0.270 e. The van der Waals surface area contributed by atoms with E-state index in [0.29, 0.717) is 44.1 Å². The van der Waals surface area contributed by atoms with Crippen LogP contribution in [0.1, 0.15) is 24.3 Å². The van der Waals surface area contributed by atoms with E-state index in [1.807, 2.05) is 11.5 Å².